The van der Waals surface area contributed by atoms with Gasteiger partial charge in [0.25, 0.3) is 0 Å². The van der Waals surface area contributed by atoms with E-state index in [-0.39, 0.29) is 42.0 Å². The minimum absolute atomic E-state index is 0. The molecule has 0 atom stereocenters. The Labute approximate surface area is 164 Å². The SMILES string of the molecule is CCNC(=NCC(=O)NC(C)(C)C)N1CCC2(CCCCC2)C1.I. The van der Waals surface area contributed by atoms with Crippen LogP contribution >= 0.6 is 24.0 Å². The van der Waals surface area contributed by atoms with Crippen LogP contribution in [-0.4, -0.2) is 48.5 Å². The predicted molar refractivity (Wildman–Crippen MR) is 111 cm³/mol. The van der Waals surface area contributed by atoms with Crippen molar-refractivity contribution in [3.05, 3.63) is 0 Å². The molecule has 2 N–H and O–H groups in total. The third-order valence-corrected chi connectivity index (χ3v) is 4.87. The molecule has 0 aromatic rings. The zero-order valence-corrected chi connectivity index (χ0v) is 18.1. The average molecular weight is 450 g/mol. The normalized spacial score (nSPS) is 20.7. The van der Waals surface area contributed by atoms with Crippen LogP contribution in [0.3, 0.4) is 0 Å². The van der Waals surface area contributed by atoms with Crippen LogP contribution in [0.15, 0.2) is 4.99 Å². The Balaban J connectivity index is 0.00000288. The molecule has 1 heterocycles. The van der Waals surface area contributed by atoms with E-state index in [1.165, 1.54) is 38.5 Å². The molecule has 1 saturated heterocycles. The maximum absolute atomic E-state index is 12.0. The largest absolute Gasteiger partial charge is 0.357 e. The molecule has 5 nitrogen and oxygen atoms in total. The summed E-state index contributed by atoms with van der Waals surface area (Å²) >= 11 is 0. The molecular weight excluding hydrogens is 415 g/mol. The molecule has 0 unspecified atom stereocenters. The zero-order valence-electron chi connectivity index (χ0n) is 15.8. The van der Waals surface area contributed by atoms with Crippen molar-refractivity contribution in [2.45, 2.75) is 71.8 Å². The number of halogens is 1. The highest BCUT2D eigenvalue weighted by Gasteiger charge is 2.39. The lowest BCUT2D eigenvalue weighted by Gasteiger charge is -2.33. The number of amides is 1. The van der Waals surface area contributed by atoms with Gasteiger partial charge in [0.15, 0.2) is 5.96 Å². The van der Waals surface area contributed by atoms with E-state index in [1.807, 2.05) is 20.8 Å². The second kappa shape index (κ2) is 9.25. The minimum Gasteiger partial charge on any atom is -0.357 e. The highest BCUT2D eigenvalue weighted by atomic mass is 127. The van der Waals surface area contributed by atoms with Gasteiger partial charge in [0.1, 0.15) is 6.54 Å². The Hall–Kier alpha value is -0.530. The van der Waals surface area contributed by atoms with Crippen molar-refractivity contribution >= 4 is 35.8 Å². The van der Waals surface area contributed by atoms with Crippen molar-refractivity contribution in [1.82, 2.24) is 15.5 Å². The van der Waals surface area contributed by atoms with Crippen LogP contribution in [0.4, 0.5) is 0 Å². The summed E-state index contributed by atoms with van der Waals surface area (Å²) < 4.78 is 0. The van der Waals surface area contributed by atoms with Crippen molar-refractivity contribution in [2.24, 2.45) is 10.4 Å². The Bertz CT molecular complexity index is 439. The fourth-order valence-corrected chi connectivity index (χ4v) is 3.86. The first-order valence-corrected chi connectivity index (χ1v) is 9.18. The van der Waals surface area contributed by atoms with Crippen molar-refractivity contribution in [2.75, 3.05) is 26.2 Å². The second-order valence-electron chi connectivity index (χ2n) is 8.20. The Morgan fingerprint density at radius 2 is 1.83 bits per heavy atom. The van der Waals surface area contributed by atoms with E-state index in [0.717, 1.165) is 25.6 Å². The molecule has 2 rings (SSSR count). The molecular formula is C18H35IN4O. The Morgan fingerprint density at radius 3 is 2.42 bits per heavy atom. The van der Waals surface area contributed by atoms with Gasteiger partial charge in [0.05, 0.1) is 0 Å². The fraction of sp³-hybridized carbons (Fsp3) is 0.889. The van der Waals surface area contributed by atoms with Crippen LogP contribution in [0.25, 0.3) is 0 Å². The number of carbonyl (C=O) groups is 1. The molecule has 1 amide bonds. The van der Waals surface area contributed by atoms with Crippen molar-refractivity contribution < 1.29 is 4.79 Å². The lowest BCUT2D eigenvalue weighted by Crippen LogP contribution is -2.44. The lowest BCUT2D eigenvalue weighted by atomic mass is 9.73. The summed E-state index contributed by atoms with van der Waals surface area (Å²) in [5.41, 5.74) is 0.298. The van der Waals surface area contributed by atoms with Crippen LogP contribution in [-0.2, 0) is 4.79 Å². The first kappa shape index (κ1) is 21.5. The Morgan fingerprint density at radius 1 is 1.17 bits per heavy atom. The van der Waals surface area contributed by atoms with Crippen LogP contribution in [0.2, 0.25) is 0 Å². The molecule has 1 saturated carbocycles. The second-order valence-corrected chi connectivity index (χ2v) is 8.20. The minimum atomic E-state index is -0.204. The van der Waals surface area contributed by atoms with Crippen molar-refractivity contribution in [3.8, 4) is 0 Å². The first-order chi connectivity index (χ1) is 10.8. The number of nitrogens with one attached hydrogen (secondary N) is 2. The number of likely N-dealkylation sites (tertiary alicyclic amines) is 1. The number of nitrogens with zero attached hydrogens (tertiary/aromatic N) is 2. The van der Waals surface area contributed by atoms with Gasteiger partial charge in [0, 0.05) is 25.2 Å². The standard InChI is InChI=1S/C18H34N4O.HI/c1-5-19-16(20-13-15(23)21-17(2,3)4)22-12-11-18(14-22)9-7-6-8-10-18;/h5-14H2,1-4H3,(H,19,20)(H,21,23);1H. The predicted octanol–water partition coefficient (Wildman–Crippen LogP) is 3.14. The molecule has 1 aliphatic heterocycles. The molecule has 0 aromatic heterocycles. The summed E-state index contributed by atoms with van der Waals surface area (Å²) in [5.74, 6) is 0.887. The molecule has 24 heavy (non-hydrogen) atoms. The quantitative estimate of drug-likeness (QED) is 0.395. The van der Waals surface area contributed by atoms with E-state index in [0.29, 0.717) is 5.41 Å². The van der Waals surface area contributed by atoms with Gasteiger partial charge in [-0.25, -0.2) is 4.99 Å². The summed E-state index contributed by atoms with van der Waals surface area (Å²) in [4.78, 5) is 19.0. The van der Waals surface area contributed by atoms with Crippen LogP contribution < -0.4 is 10.6 Å². The summed E-state index contributed by atoms with van der Waals surface area (Å²) in [6.45, 7) is 11.3. The molecule has 2 aliphatic rings. The zero-order chi connectivity index (χ0) is 16.9. The fourth-order valence-electron chi connectivity index (χ4n) is 3.86. The monoisotopic (exact) mass is 450 g/mol. The van der Waals surface area contributed by atoms with Gasteiger partial charge < -0.3 is 15.5 Å². The van der Waals surface area contributed by atoms with Gasteiger partial charge in [-0.1, -0.05) is 19.3 Å². The van der Waals surface area contributed by atoms with Crippen LogP contribution in [0, 0.1) is 5.41 Å². The van der Waals surface area contributed by atoms with Gasteiger partial charge in [-0.3, -0.25) is 4.79 Å². The third-order valence-electron chi connectivity index (χ3n) is 4.87. The molecule has 0 radical (unpaired) electrons. The van der Waals surface area contributed by atoms with E-state index < -0.39 is 0 Å². The van der Waals surface area contributed by atoms with Gasteiger partial charge in [-0.2, -0.15) is 0 Å². The summed E-state index contributed by atoms with van der Waals surface area (Å²) in [6, 6.07) is 0. The smallest absolute Gasteiger partial charge is 0.242 e. The van der Waals surface area contributed by atoms with Crippen molar-refractivity contribution in [1.29, 1.82) is 0 Å². The number of hydrogen-bond donors (Lipinski definition) is 2. The molecule has 2 fully saturated rings. The topological polar surface area (TPSA) is 56.7 Å². The van der Waals surface area contributed by atoms with Gasteiger partial charge in [-0.05, 0) is 52.4 Å². The lowest BCUT2D eigenvalue weighted by molar-refractivity contribution is -0.121. The van der Waals surface area contributed by atoms with Crippen LogP contribution in [0.1, 0.15) is 66.2 Å². The summed E-state index contributed by atoms with van der Waals surface area (Å²) in [7, 11) is 0. The van der Waals surface area contributed by atoms with E-state index in [1.54, 1.807) is 0 Å². The van der Waals surface area contributed by atoms with E-state index in [9.17, 15) is 4.79 Å². The Kier molecular flexibility index (Phi) is 8.29. The van der Waals surface area contributed by atoms with Crippen LogP contribution in [0.5, 0.6) is 0 Å². The van der Waals surface area contributed by atoms with Gasteiger partial charge in [-0.15, -0.1) is 24.0 Å². The summed E-state index contributed by atoms with van der Waals surface area (Å²) in [6.07, 6.45) is 8.11. The average Bonchev–Trinajstić information content (AvgIpc) is 2.86. The third kappa shape index (κ3) is 6.41. The van der Waals surface area contributed by atoms with E-state index in [4.69, 9.17) is 0 Å². The molecule has 140 valence electrons. The highest BCUT2D eigenvalue weighted by Crippen LogP contribution is 2.43. The van der Waals surface area contributed by atoms with Crippen molar-refractivity contribution in [3.63, 3.8) is 0 Å². The molecule has 1 spiro atoms. The number of guanidine groups is 1. The summed E-state index contributed by atoms with van der Waals surface area (Å²) in [5, 5.41) is 6.33. The molecule has 6 heteroatoms. The number of aliphatic imine (C=N–C) groups is 1. The number of hydrogen-bond acceptors (Lipinski definition) is 2. The first-order valence-electron chi connectivity index (χ1n) is 9.18. The van der Waals surface area contributed by atoms with E-state index in [2.05, 4.69) is 27.4 Å². The number of rotatable bonds is 3. The highest BCUT2D eigenvalue weighted by molar-refractivity contribution is 14.0. The van der Waals surface area contributed by atoms with E-state index >= 15 is 0 Å². The number of carbonyl (C=O) groups excluding carboxylic acids is 1. The molecule has 0 bridgehead atoms. The van der Waals surface area contributed by atoms with Gasteiger partial charge >= 0.3 is 0 Å². The molecule has 0 aromatic carbocycles. The van der Waals surface area contributed by atoms with Gasteiger partial charge in [0.2, 0.25) is 5.91 Å². The molecule has 1 aliphatic carbocycles. The maximum atomic E-state index is 12.0. The maximum Gasteiger partial charge on any atom is 0.242 e.